The quantitative estimate of drug-likeness (QED) is 0.834. The van der Waals surface area contributed by atoms with Gasteiger partial charge < -0.3 is 10.6 Å². The minimum Gasteiger partial charge on any atom is -0.349 e. The second-order valence-electron chi connectivity index (χ2n) is 4.54. The Bertz CT molecular complexity index is 404. The summed E-state index contributed by atoms with van der Waals surface area (Å²) >= 11 is 0. The number of halogens is 1. The Kier molecular flexibility index (Phi) is 3.74. The van der Waals surface area contributed by atoms with Crippen molar-refractivity contribution in [3.8, 4) is 0 Å². The van der Waals surface area contributed by atoms with Crippen LogP contribution in [-0.4, -0.2) is 19.0 Å². The number of carbonyl (C=O) groups excluding carboxylic acids is 1. The van der Waals surface area contributed by atoms with Crippen LogP contribution in [0.15, 0.2) is 24.3 Å². The van der Waals surface area contributed by atoms with Crippen molar-refractivity contribution >= 4 is 5.91 Å². The summed E-state index contributed by atoms with van der Waals surface area (Å²) in [6.45, 7) is 3.61. The third-order valence-electron chi connectivity index (χ3n) is 3.09. The number of amides is 1. The van der Waals surface area contributed by atoms with Crippen molar-refractivity contribution in [1.82, 2.24) is 10.6 Å². The molecule has 1 amide bonds. The molecule has 3 nitrogen and oxygen atoms in total. The van der Waals surface area contributed by atoms with Crippen molar-refractivity contribution in [3.05, 3.63) is 35.6 Å². The van der Waals surface area contributed by atoms with E-state index < -0.39 is 0 Å². The van der Waals surface area contributed by atoms with Crippen LogP contribution >= 0.6 is 0 Å². The first-order chi connectivity index (χ1) is 8.16. The second kappa shape index (κ2) is 5.27. The van der Waals surface area contributed by atoms with Crippen LogP contribution in [0.25, 0.3) is 0 Å². The van der Waals surface area contributed by atoms with Gasteiger partial charge >= 0.3 is 0 Å². The van der Waals surface area contributed by atoms with Crippen LogP contribution in [0.3, 0.4) is 0 Å². The molecule has 0 bridgehead atoms. The van der Waals surface area contributed by atoms with E-state index in [4.69, 9.17) is 0 Å². The molecule has 1 aromatic carbocycles. The first-order valence-corrected chi connectivity index (χ1v) is 5.91. The van der Waals surface area contributed by atoms with E-state index >= 15 is 0 Å². The summed E-state index contributed by atoms with van der Waals surface area (Å²) in [6.07, 6.45) is 0.520. The SMILES string of the molecule is CC(NC(=O)CC1CNC1)c1ccccc1F. The molecule has 1 atom stereocenters. The molecule has 17 heavy (non-hydrogen) atoms. The molecule has 1 unspecified atom stereocenters. The van der Waals surface area contributed by atoms with E-state index in [9.17, 15) is 9.18 Å². The van der Waals surface area contributed by atoms with Gasteiger partial charge in [-0.2, -0.15) is 0 Å². The molecule has 1 saturated heterocycles. The lowest BCUT2D eigenvalue weighted by molar-refractivity contribution is -0.123. The summed E-state index contributed by atoms with van der Waals surface area (Å²) in [6, 6.07) is 6.25. The van der Waals surface area contributed by atoms with Crippen molar-refractivity contribution < 1.29 is 9.18 Å². The minimum absolute atomic E-state index is 0.00717. The summed E-state index contributed by atoms with van der Waals surface area (Å²) in [4.78, 5) is 11.7. The summed E-state index contributed by atoms with van der Waals surface area (Å²) in [7, 11) is 0. The van der Waals surface area contributed by atoms with Gasteiger partial charge in [-0.1, -0.05) is 18.2 Å². The van der Waals surface area contributed by atoms with Crippen molar-refractivity contribution in [2.45, 2.75) is 19.4 Å². The maximum Gasteiger partial charge on any atom is 0.220 e. The van der Waals surface area contributed by atoms with Crippen LogP contribution in [-0.2, 0) is 4.79 Å². The highest BCUT2D eigenvalue weighted by Crippen LogP contribution is 2.17. The lowest BCUT2D eigenvalue weighted by Crippen LogP contribution is -2.44. The molecule has 2 rings (SSSR count). The lowest BCUT2D eigenvalue weighted by Gasteiger charge is -2.27. The van der Waals surface area contributed by atoms with Crippen LogP contribution in [0.4, 0.5) is 4.39 Å². The zero-order valence-corrected chi connectivity index (χ0v) is 9.87. The second-order valence-corrected chi connectivity index (χ2v) is 4.54. The van der Waals surface area contributed by atoms with E-state index in [0.717, 1.165) is 13.1 Å². The fourth-order valence-electron chi connectivity index (χ4n) is 1.96. The van der Waals surface area contributed by atoms with Gasteiger partial charge in [0.15, 0.2) is 0 Å². The van der Waals surface area contributed by atoms with Gasteiger partial charge in [-0.3, -0.25) is 4.79 Å². The van der Waals surface area contributed by atoms with E-state index in [1.807, 2.05) is 0 Å². The lowest BCUT2D eigenvalue weighted by atomic mass is 9.98. The van der Waals surface area contributed by atoms with E-state index in [1.165, 1.54) is 6.07 Å². The highest BCUT2D eigenvalue weighted by molar-refractivity contribution is 5.76. The van der Waals surface area contributed by atoms with Crippen molar-refractivity contribution in [2.75, 3.05) is 13.1 Å². The molecule has 0 aliphatic carbocycles. The Morgan fingerprint density at radius 3 is 2.82 bits per heavy atom. The molecule has 0 radical (unpaired) electrons. The summed E-state index contributed by atoms with van der Waals surface area (Å²) in [5.41, 5.74) is 0.535. The van der Waals surface area contributed by atoms with Gasteiger partial charge in [-0.15, -0.1) is 0 Å². The molecule has 0 spiro atoms. The van der Waals surface area contributed by atoms with Gasteiger partial charge in [0.1, 0.15) is 5.82 Å². The Morgan fingerprint density at radius 2 is 2.24 bits per heavy atom. The van der Waals surface area contributed by atoms with Crippen molar-refractivity contribution in [1.29, 1.82) is 0 Å². The average Bonchev–Trinajstić information content (AvgIpc) is 2.24. The van der Waals surface area contributed by atoms with Gasteiger partial charge in [0.05, 0.1) is 6.04 Å². The molecule has 1 aliphatic rings. The first kappa shape index (κ1) is 12.0. The summed E-state index contributed by atoms with van der Waals surface area (Å²) < 4.78 is 13.5. The van der Waals surface area contributed by atoms with E-state index in [2.05, 4.69) is 10.6 Å². The molecule has 1 fully saturated rings. The van der Waals surface area contributed by atoms with Gasteiger partial charge in [0.2, 0.25) is 5.91 Å². The van der Waals surface area contributed by atoms with Gasteiger partial charge in [0.25, 0.3) is 0 Å². The summed E-state index contributed by atoms with van der Waals surface area (Å²) in [5.74, 6) is 0.153. The van der Waals surface area contributed by atoms with Gasteiger partial charge in [-0.05, 0) is 32.0 Å². The molecule has 2 N–H and O–H groups in total. The van der Waals surface area contributed by atoms with Crippen LogP contribution in [0.5, 0.6) is 0 Å². The van der Waals surface area contributed by atoms with Crippen LogP contribution in [0.1, 0.15) is 24.9 Å². The fourth-order valence-corrected chi connectivity index (χ4v) is 1.96. The number of hydrogen-bond donors (Lipinski definition) is 2. The van der Waals surface area contributed by atoms with Crippen LogP contribution in [0, 0.1) is 11.7 Å². The Labute approximate surface area is 100 Å². The highest BCUT2D eigenvalue weighted by Gasteiger charge is 2.21. The predicted molar refractivity (Wildman–Crippen MR) is 63.9 cm³/mol. The maximum absolute atomic E-state index is 13.5. The third kappa shape index (κ3) is 3.03. The molecule has 0 saturated carbocycles. The van der Waals surface area contributed by atoms with Crippen molar-refractivity contribution in [3.63, 3.8) is 0 Å². The molecule has 4 heteroatoms. The molecule has 1 heterocycles. The third-order valence-corrected chi connectivity index (χ3v) is 3.09. The van der Waals surface area contributed by atoms with Crippen LogP contribution < -0.4 is 10.6 Å². The van der Waals surface area contributed by atoms with E-state index in [1.54, 1.807) is 25.1 Å². The Hall–Kier alpha value is -1.42. The Balaban J connectivity index is 1.89. The zero-order chi connectivity index (χ0) is 12.3. The van der Waals surface area contributed by atoms with Gasteiger partial charge in [-0.25, -0.2) is 4.39 Å². The molecule has 0 aromatic heterocycles. The number of benzene rings is 1. The molecule has 92 valence electrons. The Morgan fingerprint density at radius 1 is 1.53 bits per heavy atom. The highest BCUT2D eigenvalue weighted by atomic mass is 19.1. The standard InChI is InChI=1S/C13H17FN2O/c1-9(11-4-2-3-5-12(11)14)16-13(17)6-10-7-15-8-10/h2-5,9-10,15H,6-8H2,1H3,(H,16,17). The average molecular weight is 236 g/mol. The monoisotopic (exact) mass is 236 g/mol. The number of rotatable bonds is 4. The number of carbonyl (C=O) groups is 1. The molecular weight excluding hydrogens is 219 g/mol. The molecule has 1 aliphatic heterocycles. The topological polar surface area (TPSA) is 41.1 Å². The smallest absolute Gasteiger partial charge is 0.220 e. The normalized spacial score (nSPS) is 17.3. The maximum atomic E-state index is 13.5. The van der Waals surface area contributed by atoms with Gasteiger partial charge in [0, 0.05) is 12.0 Å². The molecule has 1 aromatic rings. The largest absolute Gasteiger partial charge is 0.349 e. The molecular formula is C13H17FN2O. The zero-order valence-electron chi connectivity index (χ0n) is 9.87. The van der Waals surface area contributed by atoms with Crippen molar-refractivity contribution in [2.24, 2.45) is 5.92 Å². The number of nitrogens with one attached hydrogen (secondary N) is 2. The van der Waals surface area contributed by atoms with Crippen LogP contribution in [0.2, 0.25) is 0 Å². The minimum atomic E-state index is -0.281. The summed E-state index contributed by atoms with van der Waals surface area (Å²) in [5, 5.41) is 5.95. The van der Waals surface area contributed by atoms with E-state index in [0.29, 0.717) is 17.9 Å². The number of hydrogen-bond acceptors (Lipinski definition) is 2. The first-order valence-electron chi connectivity index (χ1n) is 5.91. The predicted octanol–water partition coefficient (Wildman–Crippen LogP) is 1.61. The fraction of sp³-hybridized carbons (Fsp3) is 0.462. The van der Waals surface area contributed by atoms with E-state index in [-0.39, 0.29) is 17.8 Å².